The number of nitrogens with one attached hydrogen (secondary N) is 2. The van der Waals surface area contributed by atoms with Crippen molar-refractivity contribution in [1.29, 1.82) is 0 Å². The number of hydrogen-bond donors (Lipinski definition) is 2. The number of amides is 4. The predicted molar refractivity (Wildman–Crippen MR) is 102 cm³/mol. The van der Waals surface area contributed by atoms with E-state index in [1.54, 1.807) is 13.8 Å². The molecular formula is C19H26N4O4. The first-order chi connectivity index (χ1) is 12.8. The van der Waals surface area contributed by atoms with Gasteiger partial charge in [0.05, 0.1) is 12.8 Å². The number of unbranched alkanes of at least 4 members (excludes halogenated alkanes) is 1. The number of ether oxygens (including phenoxy) is 1. The first kappa shape index (κ1) is 20.4. The molecule has 0 spiro atoms. The van der Waals surface area contributed by atoms with Crippen LogP contribution in [0.3, 0.4) is 0 Å². The molecule has 2 N–H and O–H groups in total. The fraction of sp³-hybridized carbons (Fsp3) is 0.474. The lowest BCUT2D eigenvalue weighted by Gasteiger charge is -2.15. The van der Waals surface area contributed by atoms with Crippen LogP contribution in [0, 0.1) is 0 Å². The number of carbonyl (C=O) groups is 3. The summed E-state index contributed by atoms with van der Waals surface area (Å²) < 4.78 is 5.58. The predicted octanol–water partition coefficient (Wildman–Crippen LogP) is 2.04. The molecule has 0 radical (unpaired) electrons. The van der Waals surface area contributed by atoms with Crippen LogP contribution in [0.5, 0.6) is 5.75 Å². The Hall–Kier alpha value is -2.90. The van der Waals surface area contributed by atoms with Crippen LogP contribution in [0.2, 0.25) is 0 Å². The number of rotatable bonds is 9. The minimum Gasteiger partial charge on any atom is -0.494 e. The maximum atomic E-state index is 12.0. The van der Waals surface area contributed by atoms with E-state index < -0.39 is 11.6 Å². The molecular weight excluding hydrogens is 348 g/mol. The van der Waals surface area contributed by atoms with Gasteiger partial charge in [0.15, 0.2) is 0 Å². The summed E-state index contributed by atoms with van der Waals surface area (Å²) in [6.07, 6.45) is 3.59. The van der Waals surface area contributed by atoms with Crippen molar-refractivity contribution in [1.82, 2.24) is 15.6 Å². The Bertz CT molecular complexity index is 713. The summed E-state index contributed by atoms with van der Waals surface area (Å²) in [7, 11) is 0. The van der Waals surface area contributed by atoms with Gasteiger partial charge in [-0.3, -0.25) is 14.5 Å². The van der Waals surface area contributed by atoms with E-state index >= 15 is 0 Å². The minimum atomic E-state index is -0.932. The Morgan fingerprint density at radius 1 is 1.30 bits per heavy atom. The van der Waals surface area contributed by atoms with Crippen LogP contribution in [-0.2, 0) is 9.59 Å². The Morgan fingerprint density at radius 3 is 2.59 bits per heavy atom. The zero-order chi connectivity index (χ0) is 19.9. The van der Waals surface area contributed by atoms with E-state index in [9.17, 15) is 14.4 Å². The summed E-state index contributed by atoms with van der Waals surface area (Å²) in [4.78, 5) is 36.7. The van der Waals surface area contributed by atoms with Crippen LogP contribution < -0.4 is 15.5 Å². The van der Waals surface area contributed by atoms with Gasteiger partial charge >= 0.3 is 6.03 Å². The Labute approximate surface area is 158 Å². The number of imide groups is 1. The van der Waals surface area contributed by atoms with E-state index in [1.807, 2.05) is 24.3 Å². The van der Waals surface area contributed by atoms with Crippen LogP contribution >= 0.6 is 0 Å². The number of benzene rings is 1. The quantitative estimate of drug-likeness (QED) is 0.299. The molecule has 2 rings (SSSR count). The monoisotopic (exact) mass is 374 g/mol. The largest absolute Gasteiger partial charge is 0.494 e. The normalized spacial score (nSPS) is 15.9. The SMILES string of the molecule is CCCCOc1ccc(/C=N\NC(=O)CCN2C(=O)NC(C)(C)C2=O)cc1. The molecule has 8 heteroatoms. The number of nitrogens with zero attached hydrogens (tertiary/aromatic N) is 2. The lowest BCUT2D eigenvalue weighted by atomic mass is 10.1. The first-order valence-electron chi connectivity index (χ1n) is 9.02. The highest BCUT2D eigenvalue weighted by Crippen LogP contribution is 2.16. The van der Waals surface area contributed by atoms with Crippen LogP contribution in [0.1, 0.15) is 45.6 Å². The number of hydrazone groups is 1. The van der Waals surface area contributed by atoms with Crippen molar-refractivity contribution in [3.8, 4) is 5.75 Å². The van der Waals surface area contributed by atoms with E-state index in [0.29, 0.717) is 6.61 Å². The third-order valence-electron chi connectivity index (χ3n) is 4.06. The van der Waals surface area contributed by atoms with Crippen molar-refractivity contribution in [2.24, 2.45) is 5.10 Å². The highest BCUT2D eigenvalue weighted by molar-refractivity contribution is 6.06. The molecule has 1 heterocycles. The van der Waals surface area contributed by atoms with Crippen molar-refractivity contribution in [3.63, 3.8) is 0 Å². The van der Waals surface area contributed by atoms with Gasteiger partial charge < -0.3 is 10.1 Å². The molecule has 4 amide bonds. The second-order valence-electron chi connectivity index (χ2n) is 6.83. The standard InChI is InChI=1S/C19H26N4O4/c1-4-5-12-27-15-8-6-14(7-9-15)13-20-22-16(24)10-11-23-17(25)19(2,3)21-18(23)26/h6-9,13H,4-5,10-12H2,1-3H3,(H,21,26)(H,22,24)/b20-13-. The molecule has 1 saturated heterocycles. The first-order valence-corrected chi connectivity index (χ1v) is 9.02. The van der Waals surface area contributed by atoms with Crippen LogP contribution in [0.4, 0.5) is 4.79 Å². The van der Waals surface area contributed by atoms with Gasteiger partial charge in [-0.25, -0.2) is 10.2 Å². The molecule has 1 aliphatic heterocycles. The third-order valence-corrected chi connectivity index (χ3v) is 4.06. The Morgan fingerprint density at radius 2 is 2.00 bits per heavy atom. The molecule has 0 aliphatic carbocycles. The molecule has 146 valence electrons. The van der Waals surface area contributed by atoms with Gasteiger partial charge in [-0.1, -0.05) is 13.3 Å². The minimum absolute atomic E-state index is 0.0131. The van der Waals surface area contributed by atoms with Crippen molar-refractivity contribution in [2.45, 2.75) is 45.6 Å². The van der Waals surface area contributed by atoms with Gasteiger partial charge in [-0.05, 0) is 50.1 Å². The molecule has 0 atom stereocenters. The van der Waals surface area contributed by atoms with Gasteiger partial charge in [0, 0.05) is 13.0 Å². The van der Waals surface area contributed by atoms with Crippen LogP contribution in [-0.4, -0.2) is 47.7 Å². The lowest BCUT2D eigenvalue weighted by molar-refractivity contribution is -0.130. The highest BCUT2D eigenvalue weighted by Gasteiger charge is 2.43. The highest BCUT2D eigenvalue weighted by atomic mass is 16.5. The molecule has 8 nitrogen and oxygen atoms in total. The van der Waals surface area contributed by atoms with Crippen molar-refractivity contribution < 1.29 is 19.1 Å². The van der Waals surface area contributed by atoms with E-state index in [0.717, 1.165) is 29.1 Å². The Balaban J connectivity index is 1.75. The van der Waals surface area contributed by atoms with Gasteiger partial charge in [0.25, 0.3) is 5.91 Å². The fourth-order valence-corrected chi connectivity index (χ4v) is 2.45. The number of hydrogen-bond acceptors (Lipinski definition) is 5. The third kappa shape index (κ3) is 5.80. The van der Waals surface area contributed by atoms with Crippen molar-refractivity contribution >= 4 is 24.1 Å². The average Bonchev–Trinajstić information content (AvgIpc) is 2.82. The number of urea groups is 1. The summed E-state index contributed by atoms with van der Waals surface area (Å²) in [5, 5.41) is 6.46. The van der Waals surface area contributed by atoms with E-state index in [4.69, 9.17) is 4.74 Å². The zero-order valence-corrected chi connectivity index (χ0v) is 15.9. The van der Waals surface area contributed by atoms with Gasteiger partial charge in [-0.2, -0.15) is 5.10 Å². The molecule has 1 aromatic carbocycles. The molecule has 0 saturated carbocycles. The molecule has 27 heavy (non-hydrogen) atoms. The average molecular weight is 374 g/mol. The van der Waals surface area contributed by atoms with E-state index in [1.165, 1.54) is 6.21 Å². The lowest BCUT2D eigenvalue weighted by Crippen LogP contribution is -2.40. The smallest absolute Gasteiger partial charge is 0.325 e. The summed E-state index contributed by atoms with van der Waals surface area (Å²) in [5.41, 5.74) is 2.27. The van der Waals surface area contributed by atoms with E-state index in [2.05, 4.69) is 22.8 Å². The molecule has 0 aromatic heterocycles. The van der Waals surface area contributed by atoms with Gasteiger partial charge in [0.2, 0.25) is 5.91 Å². The fourth-order valence-electron chi connectivity index (χ4n) is 2.45. The van der Waals surface area contributed by atoms with Gasteiger partial charge in [-0.15, -0.1) is 0 Å². The topological polar surface area (TPSA) is 100 Å². The van der Waals surface area contributed by atoms with Crippen molar-refractivity contribution in [2.75, 3.05) is 13.2 Å². The second-order valence-corrected chi connectivity index (χ2v) is 6.83. The summed E-state index contributed by atoms with van der Waals surface area (Å²) in [6, 6.07) is 6.89. The molecule has 1 fully saturated rings. The summed E-state index contributed by atoms with van der Waals surface area (Å²) in [6.45, 7) is 6.05. The van der Waals surface area contributed by atoms with E-state index in [-0.39, 0.29) is 24.8 Å². The van der Waals surface area contributed by atoms with Crippen LogP contribution in [0.15, 0.2) is 29.4 Å². The maximum absolute atomic E-state index is 12.0. The molecule has 0 bridgehead atoms. The molecule has 1 aliphatic rings. The molecule has 1 aromatic rings. The molecule has 0 unspecified atom stereocenters. The summed E-state index contributed by atoms with van der Waals surface area (Å²) >= 11 is 0. The maximum Gasteiger partial charge on any atom is 0.325 e. The zero-order valence-electron chi connectivity index (χ0n) is 15.9. The van der Waals surface area contributed by atoms with Gasteiger partial charge in [0.1, 0.15) is 11.3 Å². The Kier molecular flexibility index (Phi) is 6.92. The van der Waals surface area contributed by atoms with Crippen molar-refractivity contribution in [3.05, 3.63) is 29.8 Å². The van der Waals surface area contributed by atoms with Crippen LogP contribution in [0.25, 0.3) is 0 Å². The second kappa shape index (κ2) is 9.16. The number of carbonyl (C=O) groups excluding carboxylic acids is 3. The summed E-state index contributed by atoms with van der Waals surface area (Å²) in [5.74, 6) is 0.0715.